The molecule has 12 heteroatoms. The molecule has 2 rings (SSSR count). The SMILES string of the molecule is CO[C@@H]1O[C@H](COCc2ccccc2)[C@@H](O)[C@H](OC(=O)OCC(Cl)(Cl)Cl)[C@H]1NC(C)=O. The summed E-state index contributed by atoms with van der Waals surface area (Å²) < 4.78 is 24.8. The first-order chi connectivity index (χ1) is 14.6. The molecule has 1 aliphatic rings. The van der Waals surface area contributed by atoms with E-state index in [9.17, 15) is 14.7 Å². The van der Waals surface area contributed by atoms with Crippen LogP contribution >= 0.6 is 34.8 Å². The van der Waals surface area contributed by atoms with Crippen LogP contribution in [-0.2, 0) is 35.1 Å². The van der Waals surface area contributed by atoms with Crippen molar-refractivity contribution in [2.75, 3.05) is 20.3 Å². The fourth-order valence-corrected chi connectivity index (χ4v) is 3.10. The van der Waals surface area contributed by atoms with Crippen LogP contribution in [-0.4, -0.2) is 71.9 Å². The molecule has 5 atom stereocenters. The summed E-state index contributed by atoms with van der Waals surface area (Å²) in [6.45, 7) is 0.924. The molecule has 0 aliphatic carbocycles. The van der Waals surface area contributed by atoms with Gasteiger partial charge in [0.15, 0.2) is 12.4 Å². The number of hydrogen-bond acceptors (Lipinski definition) is 8. The van der Waals surface area contributed by atoms with E-state index in [-0.39, 0.29) is 13.2 Å². The van der Waals surface area contributed by atoms with Crippen molar-refractivity contribution in [2.24, 2.45) is 0 Å². The van der Waals surface area contributed by atoms with Crippen LogP contribution < -0.4 is 5.32 Å². The zero-order valence-corrected chi connectivity index (χ0v) is 19.1. The number of carbonyl (C=O) groups is 2. The average molecular weight is 501 g/mol. The van der Waals surface area contributed by atoms with Gasteiger partial charge in [-0.15, -0.1) is 0 Å². The second kappa shape index (κ2) is 12.1. The van der Waals surface area contributed by atoms with Crippen molar-refractivity contribution in [3.63, 3.8) is 0 Å². The van der Waals surface area contributed by atoms with E-state index in [1.165, 1.54) is 14.0 Å². The van der Waals surface area contributed by atoms with Gasteiger partial charge < -0.3 is 34.1 Å². The van der Waals surface area contributed by atoms with Gasteiger partial charge in [0, 0.05) is 14.0 Å². The van der Waals surface area contributed by atoms with Gasteiger partial charge in [0.2, 0.25) is 9.70 Å². The molecule has 0 aromatic heterocycles. The topological polar surface area (TPSA) is 113 Å². The standard InChI is InChI=1S/C19H24Cl3NO8/c1-11(24)23-14-16(31-18(26)29-10-19(20,21)22)15(25)13(30-17(14)27-2)9-28-8-12-6-4-3-5-7-12/h3-7,13-17,25H,8-10H2,1-2H3,(H,23,24)/t13-,14-,15-,16-,17-/m1/s1. The Kier molecular flexibility index (Phi) is 10.1. The first-order valence-electron chi connectivity index (χ1n) is 9.26. The molecule has 0 bridgehead atoms. The number of nitrogens with one attached hydrogen (secondary N) is 1. The molecular formula is C19H24Cl3NO8. The summed E-state index contributed by atoms with van der Waals surface area (Å²) in [4.78, 5) is 23.7. The maximum absolute atomic E-state index is 12.1. The third kappa shape index (κ3) is 8.61. The van der Waals surface area contributed by atoms with Crippen molar-refractivity contribution >= 4 is 46.9 Å². The van der Waals surface area contributed by atoms with Gasteiger partial charge in [0.1, 0.15) is 24.9 Å². The minimum Gasteiger partial charge on any atom is -0.430 e. The molecular weight excluding hydrogens is 477 g/mol. The number of halogens is 3. The van der Waals surface area contributed by atoms with Gasteiger partial charge in [0.25, 0.3) is 0 Å². The molecule has 1 heterocycles. The van der Waals surface area contributed by atoms with Crippen LogP contribution in [0.25, 0.3) is 0 Å². The molecule has 1 aromatic rings. The maximum Gasteiger partial charge on any atom is 0.508 e. The molecule has 1 fully saturated rings. The van der Waals surface area contributed by atoms with Crippen molar-refractivity contribution in [3.8, 4) is 0 Å². The van der Waals surface area contributed by atoms with Crippen LogP contribution in [0.4, 0.5) is 4.79 Å². The number of carbonyl (C=O) groups excluding carboxylic acids is 2. The number of alkyl halides is 3. The Balaban J connectivity index is 2.07. The lowest BCUT2D eigenvalue weighted by molar-refractivity contribution is -0.267. The van der Waals surface area contributed by atoms with E-state index in [1.807, 2.05) is 30.3 Å². The smallest absolute Gasteiger partial charge is 0.430 e. The highest BCUT2D eigenvalue weighted by atomic mass is 35.6. The minimum atomic E-state index is -1.84. The highest BCUT2D eigenvalue weighted by Crippen LogP contribution is 2.28. The highest BCUT2D eigenvalue weighted by Gasteiger charge is 2.48. The molecule has 174 valence electrons. The molecule has 1 aliphatic heterocycles. The first kappa shape index (κ1) is 25.9. The van der Waals surface area contributed by atoms with E-state index in [0.717, 1.165) is 5.56 Å². The van der Waals surface area contributed by atoms with Gasteiger partial charge in [-0.05, 0) is 5.56 Å². The lowest BCUT2D eigenvalue weighted by Gasteiger charge is -2.43. The summed E-state index contributed by atoms with van der Waals surface area (Å²) in [7, 11) is 1.34. The number of methoxy groups -OCH3 is 1. The van der Waals surface area contributed by atoms with Crippen molar-refractivity contribution in [1.29, 1.82) is 0 Å². The highest BCUT2D eigenvalue weighted by molar-refractivity contribution is 6.67. The number of rotatable bonds is 8. The molecule has 2 N–H and O–H groups in total. The predicted molar refractivity (Wildman–Crippen MR) is 112 cm³/mol. The van der Waals surface area contributed by atoms with E-state index >= 15 is 0 Å². The van der Waals surface area contributed by atoms with Crippen LogP contribution in [0, 0.1) is 0 Å². The molecule has 0 unspecified atom stereocenters. The summed E-state index contributed by atoms with van der Waals surface area (Å²) in [6, 6.07) is 8.37. The van der Waals surface area contributed by atoms with Gasteiger partial charge in [-0.1, -0.05) is 65.1 Å². The Morgan fingerprint density at radius 3 is 2.48 bits per heavy atom. The first-order valence-corrected chi connectivity index (χ1v) is 10.4. The molecule has 1 aromatic carbocycles. The minimum absolute atomic E-state index is 0.0359. The summed E-state index contributed by atoms with van der Waals surface area (Å²) >= 11 is 16.7. The van der Waals surface area contributed by atoms with Gasteiger partial charge in [-0.3, -0.25) is 4.79 Å². The molecule has 31 heavy (non-hydrogen) atoms. The van der Waals surface area contributed by atoms with E-state index in [0.29, 0.717) is 0 Å². The summed E-state index contributed by atoms with van der Waals surface area (Å²) in [6.07, 6.45) is -5.82. The normalized spacial score (nSPS) is 26.2. The lowest BCUT2D eigenvalue weighted by atomic mass is 9.96. The van der Waals surface area contributed by atoms with E-state index in [2.05, 4.69) is 5.32 Å². The summed E-state index contributed by atoms with van der Waals surface area (Å²) in [5, 5.41) is 13.3. The molecule has 9 nitrogen and oxygen atoms in total. The van der Waals surface area contributed by atoms with E-state index < -0.39 is 53.1 Å². The van der Waals surface area contributed by atoms with Crippen LogP contribution in [0.1, 0.15) is 12.5 Å². The Bertz CT molecular complexity index is 718. The van der Waals surface area contributed by atoms with Gasteiger partial charge in [-0.25, -0.2) is 4.79 Å². The van der Waals surface area contributed by atoms with Crippen LogP contribution in [0.5, 0.6) is 0 Å². The van der Waals surface area contributed by atoms with Crippen LogP contribution in [0.15, 0.2) is 30.3 Å². The fourth-order valence-electron chi connectivity index (χ4n) is 2.94. The number of ether oxygens (including phenoxy) is 5. The Morgan fingerprint density at radius 1 is 1.23 bits per heavy atom. The molecule has 0 radical (unpaired) electrons. The Labute approximate surface area is 194 Å². The number of aliphatic hydroxyl groups excluding tert-OH is 1. The zero-order chi connectivity index (χ0) is 23.0. The second-order valence-electron chi connectivity index (χ2n) is 6.73. The fraction of sp³-hybridized carbons (Fsp3) is 0.579. The van der Waals surface area contributed by atoms with Crippen LogP contribution in [0.3, 0.4) is 0 Å². The molecule has 0 saturated carbocycles. The molecule has 1 amide bonds. The third-order valence-corrected chi connectivity index (χ3v) is 4.58. The summed E-state index contributed by atoms with van der Waals surface area (Å²) in [5.74, 6) is -0.454. The number of hydrogen-bond donors (Lipinski definition) is 2. The third-order valence-electron chi connectivity index (χ3n) is 4.26. The van der Waals surface area contributed by atoms with E-state index in [1.54, 1.807) is 0 Å². The van der Waals surface area contributed by atoms with Crippen molar-refractivity contribution in [3.05, 3.63) is 35.9 Å². The molecule has 0 spiro atoms. The van der Waals surface area contributed by atoms with Gasteiger partial charge in [-0.2, -0.15) is 0 Å². The van der Waals surface area contributed by atoms with Crippen molar-refractivity contribution in [1.82, 2.24) is 5.32 Å². The summed E-state index contributed by atoms with van der Waals surface area (Å²) in [5.41, 5.74) is 0.926. The van der Waals surface area contributed by atoms with Crippen LogP contribution in [0.2, 0.25) is 0 Å². The monoisotopic (exact) mass is 499 g/mol. The maximum atomic E-state index is 12.1. The van der Waals surface area contributed by atoms with Crippen molar-refractivity contribution in [2.45, 2.75) is 48.0 Å². The second-order valence-corrected chi connectivity index (χ2v) is 9.25. The quantitative estimate of drug-likeness (QED) is 0.413. The predicted octanol–water partition coefficient (Wildman–Crippen LogP) is 2.33. The lowest BCUT2D eigenvalue weighted by Crippen LogP contribution is -2.65. The Morgan fingerprint density at radius 2 is 1.90 bits per heavy atom. The number of amides is 1. The molecule has 1 saturated heterocycles. The van der Waals surface area contributed by atoms with Crippen molar-refractivity contribution < 1.29 is 38.4 Å². The zero-order valence-electron chi connectivity index (χ0n) is 16.8. The number of aliphatic hydroxyl groups is 1. The van der Waals surface area contributed by atoms with Gasteiger partial charge in [0.05, 0.1) is 13.2 Å². The van der Waals surface area contributed by atoms with Gasteiger partial charge >= 0.3 is 6.16 Å². The Hall–Kier alpha value is -1.33. The largest absolute Gasteiger partial charge is 0.508 e. The average Bonchev–Trinajstić information content (AvgIpc) is 2.70. The number of benzene rings is 1. The van der Waals surface area contributed by atoms with E-state index in [4.69, 9.17) is 58.5 Å².